The first-order valence-electron chi connectivity index (χ1n) is 4.26. The van der Waals surface area contributed by atoms with Crippen molar-refractivity contribution in [3.8, 4) is 0 Å². The van der Waals surface area contributed by atoms with E-state index in [1.54, 1.807) is 13.8 Å². The van der Waals surface area contributed by atoms with Gasteiger partial charge in [0, 0.05) is 6.54 Å². The molecule has 0 saturated heterocycles. The third-order valence-electron chi connectivity index (χ3n) is 1.58. The van der Waals surface area contributed by atoms with Gasteiger partial charge in [-0.2, -0.15) is 0 Å². The van der Waals surface area contributed by atoms with Crippen LogP contribution in [0.1, 0.15) is 27.2 Å². The summed E-state index contributed by atoms with van der Waals surface area (Å²) in [7, 11) is 0. The average molecular weight is 203 g/mol. The van der Waals surface area contributed by atoms with Crippen LogP contribution in [0.4, 0.5) is 4.79 Å². The fourth-order valence-corrected chi connectivity index (χ4v) is 0.679. The molecule has 5 heteroatoms. The number of carbonyl (C=O) groups excluding carboxylic acids is 1. The SMILES string of the molecule is CCCNC(=O)NC(C)(C)C(N)=S. The van der Waals surface area contributed by atoms with E-state index in [1.807, 2.05) is 6.92 Å². The minimum Gasteiger partial charge on any atom is -0.391 e. The van der Waals surface area contributed by atoms with E-state index < -0.39 is 5.54 Å². The number of thiocarbonyl (C=S) groups is 1. The van der Waals surface area contributed by atoms with E-state index >= 15 is 0 Å². The van der Waals surface area contributed by atoms with E-state index in [4.69, 9.17) is 18.0 Å². The van der Waals surface area contributed by atoms with Gasteiger partial charge in [0.05, 0.1) is 10.5 Å². The van der Waals surface area contributed by atoms with Crippen LogP contribution in [0.3, 0.4) is 0 Å². The first kappa shape index (κ1) is 12.2. The molecular weight excluding hydrogens is 186 g/mol. The Balaban J connectivity index is 3.97. The standard InChI is InChI=1S/C8H17N3OS/c1-4-5-10-7(12)11-8(2,3)6(9)13/h4-5H2,1-3H3,(H2,9,13)(H2,10,11,12). The van der Waals surface area contributed by atoms with Crippen molar-refractivity contribution < 1.29 is 4.79 Å². The second-order valence-corrected chi connectivity index (χ2v) is 3.81. The first-order valence-corrected chi connectivity index (χ1v) is 4.67. The van der Waals surface area contributed by atoms with Crippen LogP contribution in [0.5, 0.6) is 0 Å². The quantitative estimate of drug-likeness (QED) is 0.591. The number of rotatable bonds is 4. The smallest absolute Gasteiger partial charge is 0.315 e. The number of amides is 2. The van der Waals surface area contributed by atoms with Crippen LogP contribution in [-0.4, -0.2) is 23.1 Å². The lowest BCUT2D eigenvalue weighted by Gasteiger charge is -2.24. The van der Waals surface area contributed by atoms with Gasteiger partial charge in [-0.05, 0) is 20.3 Å². The highest BCUT2D eigenvalue weighted by atomic mass is 32.1. The highest BCUT2D eigenvalue weighted by Gasteiger charge is 2.22. The number of urea groups is 1. The largest absolute Gasteiger partial charge is 0.391 e. The summed E-state index contributed by atoms with van der Waals surface area (Å²) in [5, 5.41) is 5.35. The van der Waals surface area contributed by atoms with Gasteiger partial charge in [-0.15, -0.1) is 0 Å². The molecule has 0 saturated carbocycles. The minimum atomic E-state index is -0.632. The molecule has 0 fully saturated rings. The van der Waals surface area contributed by atoms with Gasteiger partial charge in [-0.1, -0.05) is 19.1 Å². The second-order valence-electron chi connectivity index (χ2n) is 3.37. The summed E-state index contributed by atoms with van der Waals surface area (Å²) in [6, 6.07) is -0.236. The van der Waals surface area contributed by atoms with Gasteiger partial charge in [0.2, 0.25) is 0 Å². The molecule has 0 radical (unpaired) electrons. The summed E-state index contributed by atoms with van der Waals surface area (Å²) in [6.45, 7) is 6.17. The average Bonchev–Trinajstić information content (AvgIpc) is 1.99. The Labute approximate surface area is 84.3 Å². The molecule has 0 unspecified atom stereocenters. The number of hydrogen-bond donors (Lipinski definition) is 3. The van der Waals surface area contributed by atoms with Gasteiger partial charge >= 0.3 is 6.03 Å². The van der Waals surface area contributed by atoms with Crippen molar-refractivity contribution in [1.29, 1.82) is 0 Å². The zero-order valence-electron chi connectivity index (χ0n) is 8.31. The molecule has 0 aliphatic heterocycles. The Morgan fingerprint density at radius 1 is 1.54 bits per heavy atom. The molecule has 0 aromatic rings. The molecule has 4 nitrogen and oxygen atoms in total. The maximum absolute atomic E-state index is 11.2. The monoisotopic (exact) mass is 203 g/mol. The number of carbonyl (C=O) groups is 1. The lowest BCUT2D eigenvalue weighted by molar-refractivity contribution is 0.236. The maximum Gasteiger partial charge on any atom is 0.315 e. The van der Waals surface area contributed by atoms with E-state index in [1.165, 1.54) is 0 Å². The zero-order chi connectivity index (χ0) is 10.5. The van der Waals surface area contributed by atoms with E-state index in [-0.39, 0.29) is 11.0 Å². The van der Waals surface area contributed by atoms with Gasteiger partial charge in [0.25, 0.3) is 0 Å². The third-order valence-corrected chi connectivity index (χ3v) is 2.09. The van der Waals surface area contributed by atoms with Crippen LogP contribution in [0.25, 0.3) is 0 Å². The molecular formula is C8H17N3OS. The summed E-state index contributed by atoms with van der Waals surface area (Å²) in [4.78, 5) is 11.5. The van der Waals surface area contributed by atoms with Crippen molar-refractivity contribution in [1.82, 2.24) is 10.6 Å². The molecule has 0 aromatic carbocycles. The molecule has 4 N–H and O–H groups in total. The summed E-state index contributed by atoms with van der Waals surface area (Å²) >= 11 is 4.80. The summed E-state index contributed by atoms with van der Waals surface area (Å²) in [6.07, 6.45) is 0.904. The lowest BCUT2D eigenvalue weighted by Crippen LogP contribution is -2.55. The Kier molecular flexibility index (Phi) is 4.69. The molecule has 0 aromatic heterocycles. The molecule has 76 valence electrons. The number of nitrogens with two attached hydrogens (primary N) is 1. The minimum absolute atomic E-state index is 0.236. The summed E-state index contributed by atoms with van der Waals surface area (Å²) in [5.74, 6) is 0. The van der Waals surface area contributed by atoms with E-state index in [0.717, 1.165) is 6.42 Å². The van der Waals surface area contributed by atoms with Crippen LogP contribution in [0.15, 0.2) is 0 Å². The highest BCUT2D eigenvalue weighted by Crippen LogP contribution is 2.01. The van der Waals surface area contributed by atoms with Crippen LogP contribution in [0, 0.1) is 0 Å². The molecule has 2 amide bonds. The van der Waals surface area contributed by atoms with Crippen LogP contribution >= 0.6 is 12.2 Å². The topological polar surface area (TPSA) is 67.2 Å². The van der Waals surface area contributed by atoms with Crippen LogP contribution < -0.4 is 16.4 Å². The van der Waals surface area contributed by atoms with E-state index in [2.05, 4.69) is 10.6 Å². The van der Waals surface area contributed by atoms with Crippen molar-refractivity contribution in [2.24, 2.45) is 5.73 Å². The summed E-state index contributed by atoms with van der Waals surface area (Å²) in [5.41, 5.74) is 4.80. The molecule has 0 heterocycles. The zero-order valence-corrected chi connectivity index (χ0v) is 9.12. The molecule has 0 bridgehead atoms. The Hall–Kier alpha value is -0.840. The normalized spacial score (nSPS) is 10.7. The van der Waals surface area contributed by atoms with Crippen molar-refractivity contribution in [3.63, 3.8) is 0 Å². The van der Waals surface area contributed by atoms with E-state index in [0.29, 0.717) is 6.54 Å². The van der Waals surface area contributed by atoms with Gasteiger partial charge in [-0.25, -0.2) is 4.79 Å². The molecule has 0 aliphatic rings. The maximum atomic E-state index is 11.2. The molecule has 0 atom stereocenters. The van der Waals surface area contributed by atoms with Gasteiger partial charge in [-0.3, -0.25) is 0 Å². The summed E-state index contributed by atoms with van der Waals surface area (Å²) < 4.78 is 0. The van der Waals surface area contributed by atoms with Gasteiger partial charge in [0.1, 0.15) is 0 Å². The lowest BCUT2D eigenvalue weighted by atomic mass is 10.1. The fourth-order valence-electron chi connectivity index (χ4n) is 0.628. The van der Waals surface area contributed by atoms with Gasteiger partial charge in [0.15, 0.2) is 0 Å². The Morgan fingerprint density at radius 3 is 2.46 bits per heavy atom. The van der Waals surface area contributed by atoms with Crippen LogP contribution in [-0.2, 0) is 0 Å². The third kappa shape index (κ3) is 4.67. The Morgan fingerprint density at radius 2 is 2.08 bits per heavy atom. The fraction of sp³-hybridized carbons (Fsp3) is 0.750. The predicted molar refractivity (Wildman–Crippen MR) is 57.7 cm³/mol. The second kappa shape index (κ2) is 5.01. The van der Waals surface area contributed by atoms with E-state index in [9.17, 15) is 4.79 Å². The molecule has 0 rings (SSSR count). The van der Waals surface area contributed by atoms with Crippen molar-refractivity contribution in [2.75, 3.05) is 6.54 Å². The Bertz CT molecular complexity index is 204. The van der Waals surface area contributed by atoms with Crippen molar-refractivity contribution in [2.45, 2.75) is 32.7 Å². The highest BCUT2D eigenvalue weighted by molar-refractivity contribution is 7.80. The predicted octanol–water partition coefficient (Wildman–Crippen LogP) is 0.760. The molecule has 0 spiro atoms. The van der Waals surface area contributed by atoms with Crippen LogP contribution in [0.2, 0.25) is 0 Å². The molecule has 13 heavy (non-hydrogen) atoms. The van der Waals surface area contributed by atoms with Crippen molar-refractivity contribution in [3.05, 3.63) is 0 Å². The van der Waals surface area contributed by atoms with Gasteiger partial charge < -0.3 is 16.4 Å². The number of nitrogens with one attached hydrogen (secondary N) is 2. The van der Waals surface area contributed by atoms with Crippen molar-refractivity contribution >= 4 is 23.2 Å². The first-order chi connectivity index (χ1) is 5.90. The number of hydrogen-bond acceptors (Lipinski definition) is 2. The molecule has 0 aliphatic carbocycles.